The van der Waals surface area contributed by atoms with E-state index in [1.807, 2.05) is 37.3 Å². The Labute approximate surface area is 167 Å². The third-order valence-electron chi connectivity index (χ3n) is 4.19. The van der Waals surface area contributed by atoms with Crippen LogP contribution in [-0.2, 0) is 20.9 Å². The number of methoxy groups -OCH3 is 1. The summed E-state index contributed by atoms with van der Waals surface area (Å²) >= 11 is 1.60. The molecule has 3 rings (SSSR count). The first-order chi connectivity index (χ1) is 13.5. The third-order valence-corrected chi connectivity index (χ3v) is 5.20. The third kappa shape index (κ3) is 4.55. The molecule has 0 fully saturated rings. The predicted octanol–water partition coefficient (Wildman–Crippen LogP) is 4.10. The van der Waals surface area contributed by atoms with Crippen LogP contribution >= 0.6 is 11.3 Å². The largest absolute Gasteiger partial charge is 0.486 e. The average Bonchev–Trinajstić information content (AvgIpc) is 3.09. The molecule has 28 heavy (non-hydrogen) atoms. The number of carbonyl (C=O) groups excluding carboxylic acids is 2. The fraction of sp³-hybridized carbons (Fsp3) is 0.286. The number of fused-ring (bicyclic) bond motifs is 1. The number of imide groups is 1. The number of hydrogen-bond acceptors (Lipinski definition) is 6. The van der Waals surface area contributed by atoms with Gasteiger partial charge in [-0.1, -0.05) is 12.1 Å². The van der Waals surface area contributed by atoms with Crippen LogP contribution in [0.2, 0.25) is 0 Å². The molecule has 0 spiro atoms. The molecule has 1 heterocycles. The molecule has 0 atom stereocenters. The first kappa shape index (κ1) is 20.0. The van der Waals surface area contributed by atoms with E-state index in [0.29, 0.717) is 18.0 Å². The molecule has 0 aliphatic heterocycles. The van der Waals surface area contributed by atoms with E-state index in [2.05, 4.69) is 4.98 Å². The Morgan fingerprint density at radius 2 is 1.96 bits per heavy atom. The van der Waals surface area contributed by atoms with E-state index in [4.69, 9.17) is 9.47 Å². The van der Waals surface area contributed by atoms with Crippen molar-refractivity contribution in [3.05, 3.63) is 53.0 Å². The van der Waals surface area contributed by atoms with Crippen LogP contribution in [0.4, 0.5) is 5.69 Å². The van der Waals surface area contributed by atoms with Gasteiger partial charge in [-0.3, -0.25) is 14.5 Å². The number of nitrogens with zero attached hydrogens (tertiary/aromatic N) is 2. The van der Waals surface area contributed by atoms with Crippen LogP contribution in [0.15, 0.2) is 42.5 Å². The zero-order valence-corrected chi connectivity index (χ0v) is 16.9. The Balaban J connectivity index is 1.73. The van der Waals surface area contributed by atoms with Crippen LogP contribution in [0.5, 0.6) is 5.75 Å². The normalized spacial score (nSPS) is 10.8. The highest BCUT2D eigenvalue weighted by molar-refractivity contribution is 7.18. The van der Waals surface area contributed by atoms with Gasteiger partial charge in [0.1, 0.15) is 17.4 Å². The topological polar surface area (TPSA) is 68.7 Å². The number of para-hydroxylation sites is 1. The molecule has 0 unspecified atom stereocenters. The van der Waals surface area contributed by atoms with Gasteiger partial charge in [-0.2, -0.15) is 0 Å². The Kier molecular flexibility index (Phi) is 6.38. The van der Waals surface area contributed by atoms with Gasteiger partial charge in [0, 0.05) is 14.0 Å². The van der Waals surface area contributed by atoms with Gasteiger partial charge in [0.05, 0.1) is 28.9 Å². The van der Waals surface area contributed by atoms with Crippen molar-refractivity contribution in [1.82, 2.24) is 4.98 Å². The van der Waals surface area contributed by atoms with Gasteiger partial charge >= 0.3 is 0 Å². The first-order valence-corrected chi connectivity index (χ1v) is 9.71. The zero-order chi connectivity index (χ0) is 20.1. The molecule has 0 radical (unpaired) electrons. The number of thiazole rings is 1. The molecule has 0 aliphatic carbocycles. The molecular formula is C21H22N2O4S. The van der Waals surface area contributed by atoms with Crippen molar-refractivity contribution < 1.29 is 19.1 Å². The first-order valence-electron chi connectivity index (χ1n) is 8.90. The number of aromatic nitrogens is 1. The maximum atomic E-state index is 12.4. The van der Waals surface area contributed by atoms with Crippen molar-refractivity contribution in [3.63, 3.8) is 0 Å². The molecule has 0 bridgehead atoms. The molecule has 146 valence electrons. The maximum Gasteiger partial charge on any atom is 0.236 e. The van der Waals surface area contributed by atoms with Crippen LogP contribution in [0.25, 0.3) is 10.2 Å². The summed E-state index contributed by atoms with van der Waals surface area (Å²) in [5.74, 6) is 0.0429. The van der Waals surface area contributed by atoms with Crippen molar-refractivity contribution in [2.75, 3.05) is 18.6 Å². The summed E-state index contributed by atoms with van der Waals surface area (Å²) in [6.45, 7) is 3.85. The van der Waals surface area contributed by atoms with Crippen molar-refractivity contribution >= 4 is 39.1 Å². The van der Waals surface area contributed by atoms with E-state index in [9.17, 15) is 9.59 Å². The van der Waals surface area contributed by atoms with Crippen molar-refractivity contribution in [1.29, 1.82) is 0 Å². The number of carbonyl (C=O) groups is 2. The lowest BCUT2D eigenvalue weighted by molar-refractivity contribution is -0.125. The smallest absolute Gasteiger partial charge is 0.236 e. The highest BCUT2D eigenvalue weighted by Gasteiger charge is 2.21. The summed E-state index contributed by atoms with van der Waals surface area (Å²) in [6.07, 6.45) is 0.144. The van der Waals surface area contributed by atoms with Crippen LogP contribution in [0, 0.1) is 6.92 Å². The lowest BCUT2D eigenvalue weighted by Gasteiger charge is -2.21. The van der Waals surface area contributed by atoms with Gasteiger partial charge in [-0.25, -0.2) is 4.98 Å². The Hall–Kier alpha value is -2.77. The number of hydrogen-bond donors (Lipinski definition) is 0. The number of amides is 2. The molecule has 7 heteroatoms. The minimum absolute atomic E-state index is 0.144. The van der Waals surface area contributed by atoms with Crippen molar-refractivity contribution in [3.8, 4) is 5.75 Å². The number of benzene rings is 2. The maximum absolute atomic E-state index is 12.4. The standard InChI is InChI=1S/C21H22N2O4S/c1-14-12-16(27-13-20-22-17-6-4-5-7-19(17)28-20)8-9-18(14)23(15(2)24)21(25)10-11-26-3/h4-9,12H,10-11,13H2,1-3H3. The summed E-state index contributed by atoms with van der Waals surface area (Å²) in [6, 6.07) is 13.3. The van der Waals surface area contributed by atoms with Crippen LogP contribution in [0.1, 0.15) is 23.9 Å². The minimum atomic E-state index is -0.327. The van der Waals surface area contributed by atoms with E-state index in [1.165, 1.54) is 18.9 Å². The number of anilines is 1. The molecule has 6 nitrogen and oxygen atoms in total. The second-order valence-electron chi connectivity index (χ2n) is 6.30. The van der Waals surface area contributed by atoms with Gasteiger partial charge in [0.25, 0.3) is 0 Å². The Bertz CT molecular complexity index is 966. The van der Waals surface area contributed by atoms with E-state index in [1.54, 1.807) is 23.5 Å². The molecule has 0 saturated carbocycles. The molecule has 0 N–H and O–H groups in total. The SMILES string of the molecule is COCCC(=O)N(C(C)=O)c1ccc(OCc2nc3ccccc3s2)cc1C. The molecule has 2 aromatic carbocycles. The van der Waals surface area contributed by atoms with Gasteiger partial charge in [0.15, 0.2) is 0 Å². The van der Waals surface area contributed by atoms with E-state index in [-0.39, 0.29) is 24.8 Å². The van der Waals surface area contributed by atoms with Gasteiger partial charge < -0.3 is 9.47 Å². The number of ether oxygens (including phenoxy) is 2. The highest BCUT2D eigenvalue weighted by Crippen LogP contribution is 2.27. The van der Waals surface area contributed by atoms with Gasteiger partial charge in [0.2, 0.25) is 11.8 Å². The van der Waals surface area contributed by atoms with E-state index in [0.717, 1.165) is 20.8 Å². The lowest BCUT2D eigenvalue weighted by Crippen LogP contribution is -2.36. The highest BCUT2D eigenvalue weighted by atomic mass is 32.1. The summed E-state index contributed by atoms with van der Waals surface area (Å²) in [5, 5.41) is 0.892. The second-order valence-corrected chi connectivity index (χ2v) is 7.42. The van der Waals surface area contributed by atoms with Crippen molar-refractivity contribution in [2.45, 2.75) is 26.9 Å². The van der Waals surface area contributed by atoms with E-state index < -0.39 is 0 Å². The Morgan fingerprint density at radius 3 is 2.64 bits per heavy atom. The summed E-state index contributed by atoms with van der Waals surface area (Å²) in [4.78, 5) is 30.1. The number of rotatable bonds is 7. The molecule has 1 aromatic heterocycles. The van der Waals surface area contributed by atoms with Gasteiger partial charge in [-0.05, 0) is 42.8 Å². The quantitative estimate of drug-likeness (QED) is 0.599. The molecular weight excluding hydrogens is 376 g/mol. The van der Waals surface area contributed by atoms with Crippen LogP contribution in [-0.4, -0.2) is 30.5 Å². The monoisotopic (exact) mass is 398 g/mol. The zero-order valence-electron chi connectivity index (χ0n) is 16.1. The number of aryl methyl sites for hydroxylation is 1. The predicted molar refractivity (Wildman–Crippen MR) is 110 cm³/mol. The second kappa shape index (κ2) is 8.95. The molecule has 0 aliphatic rings. The fourth-order valence-electron chi connectivity index (χ4n) is 2.88. The molecule has 3 aromatic rings. The van der Waals surface area contributed by atoms with Crippen LogP contribution in [0.3, 0.4) is 0 Å². The fourth-order valence-corrected chi connectivity index (χ4v) is 3.76. The summed E-state index contributed by atoms with van der Waals surface area (Å²) in [5.41, 5.74) is 2.30. The average molecular weight is 398 g/mol. The lowest BCUT2D eigenvalue weighted by atomic mass is 10.1. The van der Waals surface area contributed by atoms with E-state index >= 15 is 0 Å². The summed E-state index contributed by atoms with van der Waals surface area (Å²) in [7, 11) is 1.52. The van der Waals surface area contributed by atoms with Crippen LogP contribution < -0.4 is 9.64 Å². The Morgan fingerprint density at radius 1 is 1.18 bits per heavy atom. The van der Waals surface area contributed by atoms with Gasteiger partial charge in [-0.15, -0.1) is 11.3 Å². The van der Waals surface area contributed by atoms with Crippen molar-refractivity contribution in [2.24, 2.45) is 0 Å². The summed E-state index contributed by atoms with van der Waals surface area (Å²) < 4.78 is 11.9. The minimum Gasteiger partial charge on any atom is -0.486 e. The molecule has 2 amide bonds. The molecule has 0 saturated heterocycles.